The lowest BCUT2D eigenvalue weighted by atomic mass is 9.96. The van der Waals surface area contributed by atoms with E-state index in [9.17, 15) is 0 Å². The molecule has 1 aliphatic rings. The third kappa shape index (κ3) is 3.48. The minimum atomic E-state index is 0.277. The van der Waals surface area contributed by atoms with Gasteiger partial charge in [-0.05, 0) is 51.2 Å². The van der Waals surface area contributed by atoms with Crippen LogP contribution in [0.4, 0.5) is 0 Å². The molecule has 0 amide bonds. The molecule has 0 radical (unpaired) electrons. The number of unbranched alkanes of at least 4 members (excludes halogenated alkanes) is 3. The number of hydrogen-bond donors (Lipinski definition) is 0. The minimum absolute atomic E-state index is 0.277. The van der Waals surface area contributed by atoms with Crippen LogP contribution in [0.25, 0.3) is 11.0 Å². The highest BCUT2D eigenvalue weighted by atomic mass is 16.5. The molecule has 1 unspecified atom stereocenters. The normalized spacial score (nSPS) is 15.7. The summed E-state index contributed by atoms with van der Waals surface area (Å²) in [7, 11) is 0. The van der Waals surface area contributed by atoms with E-state index < -0.39 is 0 Å². The lowest BCUT2D eigenvalue weighted by molar-refractivity contribution is 0.206. The van der Waals surface area contributed by atoms with E-state index in [-0.39, 0.29) is 6.10 Å². The van der Waals surface area contributed by atoms with Crippen LogP contribution in [0.2, 0.25) is 0 Å². The van der Waals surface area contributed by atoms with Crippen LogP contribution in [0.15, 0.2) is 22.6 Å². The van der Waals surface area contributed by atoms with Crippen molar-refractivity contribution in [3.8, 4) is 5.75 Å². The van der Waals surface area contributed by atoms with Crippen LogP contribution in [0, 0.1) is 0 Å². The Hall–Kier alpha value is -1.44. The van der Waals surface area contributed by atoms with E-state index in [2.05, 4.69) is 32.0 Å². The zero-order valence-corrected chi connectivity index (χ0v) is 14.0. The van der Waals surface area contributed by atoms with Crippen molar-refractivity contribution in [2.45, 2.75) is 77.7 Å². The van der Waals surface area contributed by atoms with Gasteiger partial charge in [0.1, 0.15) is 17.1 Å². The van der Waals surface area contributed by atoms with Gasteiger partial charge in [-0.25, -0.2) is 0 Å². The monoisotopic (exact) mass is 300 g/mol. The molecule has 0 N–H and O–H groups in total. The molecule has 0 aliphatic heterocycles. The second-order valence-electron chi connectivity index (χ2n) is 6.65. The van der Waals surface area contributed by atoms with Gasteiger partial charge in [0.05, 0.1) is 6.10 Å². The van der Waals surface area contributed by atoms with Crippen LogP contribution in [-0.4, -0.2) is 6.10 Å². The topological polar surface area (TPSA) is 22.4 Å². The number of furan rings is 1. The van der Waals surface area contributed by atoms with Gasteiger partial charge in [0.25, 0.3) is 0 Å². The average Bonchev–Trinajstić information content (AvgIpc) is 2.89. The van der Waals surface area contributed by atoms with E-state index in [0.29, 0.717) is 0 Å². The third-order valence-electron chi connectivity index (χ3n) is 4.73. The molecular weight excluding hydrogens is 272 g/mol. The highest BCUT2D eigenvalue weighted by molar-refractivity contribution is 5.83. The first-order valence-corrected chi connectivity index (χ1v) is 8.99. The highest BCUT2D eigenvalue weighted by Gasteiger charge is 2.18. The summed E-state index contributed by atoms with van der Waals surface area (Å²) in [4.78, 5) is 0. The Morgan fingerprint density at radius 3 is 2.86 bits per heavy atom. The third-order valence-corrected chi connectivity index (χ3v) is 4.73. The molecule has 0 fully saturated rings. The molecule has 1 aromatic carbocycles. The van der Waals surface area contributed by atoms with Gasteiger partial charge >= 0.3 is 0 Å². The number of hydrogen-bond acceptors (Lipinski definition) is 2. The van der Waals surface area contributed by atoms with Crippen molar-refractivity contribution in [2.75, 3.05) is 0 Å². The molecule has 1 aromatic heterocycles. The van der Waals surface area contributed by atoms with E-state index in [1.165, 1.54) is 55.2 Å². The summed E-state index contributed by atoms with van der Waals surface area (Å²) in [5, 5.41) is 1.29. The van der Waals surface area contributed by atoms with Gasteiger partial charge in [0.2, 0.25) is 0 Å². The molecule has 1 aliphatic carbocycles. The lowest BCUT2D eigenvalue weighted by Crippen LogP contribution is -2.11. The maximum Gasteiger partial charge on any atom is 0.138 e. The van der Waals surface area contributed by atoms with Crippen LogP contribution in [0.3, 0.4) is 0 Å². The van der Waals surface area contributed by atoms with Gasteiger partial charge in [0, 0.05) is 23.4 Å². The van der Waals surface area contributed by atoms with Crippen molar-refractivity contribution in [1.82, 2.24) is 0 Å². The van der Waals surface area contributed by atoms with Crippen molar-refractivity contribution >= 4 is 11.0 Å². The Bertz CT molecular complexity index is 611. The van der Waals surface area contributed by atoms with E-state index in [1.807, 2.05) is 0 Å². The van der Waals surface area contributed by atoms with Crippen molar-refractivity contribution < 1.29 is 9.15 Å². The molecule has 0 spiro atoms. The molecule has 0 bridgehead atoms. The van der Waals surface area contributed by atoms with Crippen LogP contribution >= 0.6 is 0 Å². The summed E-state index contributed by atoms with van der Waals surface area (Å²) in [6.45, 7) is 4.42. The van der Waals surface area contributed by atoms with E-state index >= 15 is 0 Å². The number of fused-ring (bicyclic) bond motifs is 3. The van der Waals surface area contributed by atoms with Crippen LogP contribution < -0.4 is 4.74 Å². The Balaban J connectivity index is 1.64. The zero-order valence-electron chi connectivity index (χ0n) is 14.0. The second-order valence-corrected chi connectivity index (χ2v) is 6.65. The second kappa shape index (κ2) is 7.21. The fraction of sp³-hybridized carbons (Fsp3) is 0.600. The zero-order chi connectivity index (χ0) is 15.4. The number of rotatable bonds is 7. The number of benzene rings is 1. The maximum atomic E-state index is 6.07. The Labute approximate surface area is 133 Å². The predicted octanol–water partition coefficient (Wildman–Crippen LogP) is 6.05. The van der Waals surface area contributed by atoms with Crippen molar-refractivity contribution in [3.63, 3.8) is 0 Å². The molecular formula is C20H28O2. The Kier molecular flexibility index (Phi) is 5.07. The Morgan fingerprint density at radius 2 is 2.00 bits per heavy atom. The van der Waals surface area contributed by atoms with Crippen molar-refractivity contribution in [2.24, 2.45) is 0 Å². The largest absolute Gasteiger partial charge is 0.491 e. The summed E-state index contributed by atoms with van der Waals surface area (Å²) in [5.41, 5.74) is 2.43. The lowest BCUT2D eigenvalue weighted by Gasteiger charge is -2.14. The molecule has 1 atom stereocenters. The fourth-order valence-electron chi connectivity index (χ4n) is 3.47. The summed E-state index contributed by atoms with van der Waals surface area (Å²) < 4.78 is 12.1. The molecule has 1 heterocycles. The molecule has 120 valence electrons. The SMILES string of the molecule is CCCCCCC(C)Oc1ccc2c3c(oc2c1)CCCC3. The summed E-state index contributed by atoms with van der Waals surface area (Å²) in [5.74, 6) is 2.15. The molecule has 22 heavy (non-hydrogen) atoms. The van der Waals surface area contributed by atoms with Crippen LogP contribution in [0.5, 0.6) is 5.75 Å². The Morgan fingerprint density at radius 1 is 1.14 bits per heavy atom. The maximum absolute atomic E-state index is 6.07. The molecule has 0 saturated heterocycles. The molecule has 2 nitrogen and oxygen atoms in total. The molecule has 3 rings (SSSR count). The van der Waals surface area contributed by atoms with Crippen LogP contribution in [0.1, 0.15) is 70.1 Å². The summed E-state index contributed by atoms with van der Waals surface area (Å²) in [6, 6.07) is 6.37. The van der Waals surface area contributed by atoms with Crippen molar-refractivity contribution in [1.29, 1.82) is 0 Å². The first-order chi connectivity index (χ1) is 10.8. The van der Waals surface area contributed by atoms with E-state index in [1.54, 1.807) is 0 Å². The number of aryl methyl sites for hydroxylation is 2. The van der Waals surface area contributed by atoms with Gasteiger partial charge < -0.3 is 9.15 Å². The van der Waals surface area contributed by atoms with E-state index in [4.69, 9.17) is 9.15 Å². The highest BCUT2D eigenvalue weighted by Crippen LogP contribution is 2.34. The average molecular weight is 300 g/mol. The summed E-state index contributed by atoms with van der Waals surface area (Å²) >= 11 is 0. The standard InChI is InChI=1S/C20H28O2/c1-3-4-5-6-9-15(2)21-16-12-13-18-17-10-7-8-11-19(17)22-20(18)14-16/h12-15H,3-11H2,1-2H3. The summed E-state index contributed by atoms with van der Waals surface area (Å²) in [6.07, 6.45) is 11.4. The van der Waals surface area contributed by atoms with Crippen LogP contribution in [-0.2, 0) is 12.8 Å². The molecule has 2 heteroatoms. The van der Waals surface area contributed by atoms with Gasteiger partial charge in [-0.1, -0.05) is 26.2 Å². The quantitative estimate of drug-likeness (QED) is 0.581. The predicted molar refractivity (Wildman–Crippen MR) is 91.7 cm³/mol. The molecule has 2 aromatic rings. The fourth-order valence-corrected chi connectivity index (χ4v) is 3.47. The minimum Gasteiger partial charge on any atom is -0.491 e. The molecule has 0 saturated carbocycles. The first kappa shape index (κ1) is 15.5. The smallest absolute Gasteiger partial charge is 0.138 e. The van der Waals surface area contributed by atoms with Gasteiger partial charge in [-0.3, -0.25) is 0 Å². The van der Waals surface area contributed by atoms with Gasteiger partial charge in [-0.2, -0.15) is 0 Å². The van der Waals surface area contributed by atoms with Crippen molar-refractivity contribution in [3.05, 3.63) is 29.5 Å². The number of ether oxygens (including phenoxy) is 1. The van der Waals surface area contributed by atoms with E-state index in [0.717, 1.165) is 30.6 Å². The van der Waals surface area contributed by atoms with Gasteiger partial charge in [0.15, 0.2) is 0 Å². The van der Waals surface area contributed by atoms with Gasteiger partial charge in [-0.15, -0.1) is 0 Å². The first-order valence-electron chi connectivity index (χ1n) is 8.99.